The Morgan fingerprint density at radius 2 is 2.10 bits per heavy atom. The highest BCUT2D eigenvalue weighted by Gasteiger charge is 2.35. The molecule has 1 saturated carbocycles. The molecular weight excluding hydrogens is 122 g/mol. The minimum Gasteiger partial charge on any atom is -0.328 e. The van der Waals surface area contributed by atoms with Gasteiger partial charge in [-0.3, -0.25) is 0 Å². The van der Waals surface area contributed by atoms with Gasteiger partial charge in [0.05, 0.1) is 0 Å². The molecule has 0 aromatic heterocycles. The van der Waals surface area contributed by atoms with E-state index >= 15 is 0 Å². The molecule has 0 bridgehead atoms. The highest BCUT2D eigenvalue weighted by Crippen LogP contribution is 2.49. The lowest BCUT2D eigenvalue weighted by Gasteiger charge is -2.08. The van der Waals surface area contributed by atoms with Crippen molar-refractivity contribution in [2.45, 2.75) is 52.0 Å². The Bertz CT molecular complexity index is 103. The van der Waals surface area contributed by atoms with Crippen molar-refractivity contribution >= 4 is 0 Å². The van der Waals surface area contributed by atoms with Gasteiger partial charge in [-0.05, 0) is 38.0 Å². The average Bonchev–Trinajstić information content (AvgIpc) is 2.47. The summed E-state index contributed by atoms with van der Waals surface area (Å²) in [6.07, 6.45) is 6.83. The second-order valence-electron chi connectivity index (χ2n) is 4.18. The fourth-order valence-electron chi connectivity index (χ4n) is 1.31. The molecule has 0 aliphatic heterocycles. The summed E-state index contributed by atoms with van der Waals surface area (Å²) in [7, 11) is 0. The van der Waals surface area contributed by atoms with E-state index in [0.29, 0.717) is 6.04 Å². The smallest absolute Gasteiger partial charge is 0.00104 e. The maximum atomic E-state index is 5.64. The molecule has 0 aromatic rings. The maximum absolute atomic E-state index is 5.64. The molecule has 0 aromatic carbocycles. The van der Waals surface area contributed by atoms with E-state index < -0.39 is 0 Å². The Kier molecular flexibility index (Phi) is 2.35. The molecule has 0 amide bonds. The molecule has 0 radical (unpaired) electrons. The van der Waals surface area contributed by atoms with Crippen molar-refractivity contribution in [2.75, 3.05) is 0 Å². The summed E-state index contributed by atoms with van der Waals surface area (Å²) in [6.45, 7) is 4.48. The van der Waals surface area contributed by atoms with Crippen LogP contribution in [0.3, 0.4) is 0 Å². The number of nitrogens with two attached hydrogens (primary N) is 1. The molecule has 1 aliphatic carbocycles. The Morgan fingerprint density at radius 1 is 1.50 bits per heavy atom. The predicted octanol–water partition coefficient (Wildman–Crippen LogP) is 2.30. The van der Waals surface area contributed by atoms with E-state index in [1.165, 1.54) is 32.1 Å². The molecule has 0 heterocycles. The molecule has 10 heavy (non-hydrogen) atoms. The third-order valence-electron chi connectivity index (χ3n) is 2.54. The van der Waals surface area contributed by atoms with Crippen LogP contribution in [0.4, 0.5) is 0 Å². The van der Waals surface area contributed by atoms with Crippen LogP contribution in [0.15, 0.2) is 0 Å². The molecule has 1 nitrogen and oxygen atoms in total. The summed E-state index contributed by atoms with van der Waals surface area (Å²) in [4.78, 5) is 0. The molecule has 2 N–H and O–H groups in total. The van der Waals surface area contributed by atoms with Crippen LogP contribution < -0.4 is 5.73 Å². The summed E-state index contributed by atoms with van der Waals surface area (Å²) >= 11 is 0. The van der Waals surface area contributed by atoms with Crippen molar-refractivity contribution in [3.05, 3.63) is 0 Å². The zero-order valence-electron chi connectivity index (χ0n) is 7.19. The Labute approximate surface area is 64.0 Å². The highest BCUT2D eigenvalue weighted by atomic mass is 14.6. The molecule has 1 aliphatic rings. The fraction of sp³-hybridized carbons (Fsp3) is 1.00. The van der Waals surface area contributed by atoms with Gasteiger partial charge in [0.1, 0.15) is 0 Å². The van der Waals surface area contributed by atoms with Crippen LogP contribution in [-0.4, -0.2) is 6.04 Å². The highest BCUT2D eigenvalue weighted by molar-refractivity contribution is 4.88. The van der Waals surface area contributed by atoms with Gasteiger partial charge >= 0.3 is 0 Å². The van der Waals surface area contributed by atoms with Gasteiger partial charge in [0.2, 0.25) is 0 Å². The predicted molar refractivity (Wildman–Crippen MR) is 44.8 cm³/mol. The van der Waals surface area contributed by atoms with Gasteiger partial charge < -0.3 is 5.73 Å². The third kappa shape index (κ3) is 2.70. The van der Waals surface area contributed by atoms with E-state index in [1.54, 1.807) is 0 Å². The van der Waals surface area contributed by atoms with E-state index in [1.807, 2.05) is 0 Å². The van der Waals surface area contributed by atoms with Crippen molar-refractivity contribution in [1.82, 2.24) is 0 Å². The molecule has 1 atom stereocenters. The van der Waals surface area contributed by atoms with Gasteiger partial charge in [0, 0.05) is 6.04 Å². The fourth-order valence-corrected chi connectivity index (χ4v) is 1.31. The topological polar surface area (TPSA) is 26.0 Å². The lowest BCUT2D eigenvalue weighted by atomic mass is 10.00. The van der Waals surface area contributed by atoms with Gasteiger partial charge in [0.25, 0.3) is 0 Å². The third-order valence-corrected chi connectivity index (χ3v) is 2.54. The first-order valence-corrected chi connectivity index (χ1v) is 4.38. The van der Waals surface area contributed by atoms with Crippen LogP contribution >= 0.6 is 0 Å². The second-order valence-corrected chi connectivity index (χ2v) is 4.18. The monoisotopic (exact) mass is 141 g/mol. The normalized spacial score (nSPS) is 24.3. The van der Waals surface area contributed by atoms with Gasteiger partial charge in [-0.15, -0.1) is 0 Å². The van der Waals surface area contributed by atoms with Crippen LogP contribution in [-0.2, 0) is 0 Å². The summed E-state index contributed by atoms with van der Waals surface area (Å²) in [5.41, 5.74) is 6.37. The molecule has 60 valence electrons. The van der Waals surface area contributed by atoms with Crippen LogP contribution in [0.5, 0.6) is 0 Å². The van der Waals surface area contributed by atoms with Crippen molar-refractivity contribution in [1.29, 1.82) is 0 Å². The Hall–Kier alpha value is -0.0400. The van der Waals surface area contributed by atoms with Gasteiger partial charge in [-0.1, -0.05) is 13.3 Å². The van der Waals surface area contributed by atoms with E-state index in [4.69, 9.17) is 5.73 Å². The second kappa shape index (κ2) is 2.91. The molecule has 1 fully saturated rings. The average molecular weight is 141 g/mol. The Morgan fingerprint density at radius 3 is 2.50 bits per heavy atom. The van der Waals surface area contributed by atoms with Crippen molar-refractivity contribution < 1.29 is 0 Å². The van der Waals surface area contributed by atoms with E-state index in [0.717, 1.165) is 5.41 Å². The van der Waals surface area contributed by atoms with Crippen LogP contribution in [0.1, 0.15) is 46.0 Å². The number of rotatable bonds is 4. The van der Waals surface area contributed by atoms with E-state index in [2.05, 4.69) is 13.8 Å². The summed E-state index contributed by atoms with van der Waals surface area (Å²) in [6, 6.07) is 0.405. The maximum Gasteiger partial charge on any atom is 0.00104 e. The minimum atomic E-state index is 0.405. The largest absolute Gasteiger partial charge is 0.328 e. The molecule has 0 spiro atoms. The summed E-state index contributed by atoms with van der Waals surface area (Å²) in [5, 5.41) is 0. The summed E-state index contributed by atoms with van der Waals surface area (Å²) < 4.78 is 0. The molecule has 1 unspecified atom stereocenters. The molecule has 1 rings (SSSR count). The first kappa shape index (κ1) is 8.06. The molecule has 0 saturated heterocycles. The Balaban J connectivity index is 1.95. The zero-order valence-corrected chi connectivity index (χ0v) is 7.19. The van der Waals surface area contributed by atoms with Gasteiger partial charge in [-0.2, -0.15) is 0 Å². The minimum absolute atomic E-state index is 0.405. The first-order chi connectivity index (χ1) is 4.62. The SMILES string of the molecule is CC(N)CCCC1(C)CC1. The van der Waals surface area contributed by atoms with Gasteiger partial charge in [0.15, 0.2) is 0 Å². The quantitative estimate of drug-likeness (QED) is 0.638. The standard InChI is InChI=1S/C9H19N/c1-8(10)4-3-5-9(2)6-7-9/h8H,3-7,10H2,1-2H3. The zero-order chi connectivity index (χ0) is 7.61. The number of hydrogen-bond donors (Lipinski definition) is 1. The number of hydrogen-bond acceptors (Lipinski definition) is 1. The van der Waals surface area contributed by atoms with E-state index in [9.17, 15) is 0 Å². The first-order valence-electron chi connectivity index (χ1n) is 4.38. The van der Waals surface area contributed by atoms with Crippen molar-refractivity contribution in [2.24, 2.45) is 11.1 Å². The van der Waals surface area contributed by atoms with Crippen molar-refractivity contribution in [3.8, 4) is 0 Å². The van der Waals surface area contributed by atoms with Crippen molar-refractivity contribution in [3.63, 3.8) is 0 Å². The van der Waals surface area contributed by atoms with E-state index in [-0.39, 0.29) is 0 Å². The molecule has 1 heteroatoms. The lowest BCUT2D eigenvalue weighted by molar-refractivity contribution is 0.465. The van der Waals surface area contributed by atoms with Crippen LogP contribution in [0.25, 0.3) is 0 Å². The molecular formula is C9H19N. The summed E-state index contributed by atoms with van der Waals surface area (Å²) in [5.74, 6) is 0. The lowest BCUT2D eigenvalue weighted by Crippen LogP contribution is -2.14. The van der Waals surface area contributed by atoms with Crippen LogP contribution in [0.2, 0.25) is 0 Å². The van der Waals surface area contributed by atoms with Crippen LogP contribution in [0, 0.1) is 5.41 Å². The van der Waals surface area contributed by atoms with Gasteiger partial charge in [-0.25, -0.2) is 0 Å².